The van der Waals surface area contributed by atoms with Gasteiger partial charge in [-0.25, -0.2) is 8.78 Å². The minimum absolute atomic E-state index is 0.0593. The van der Waals surface area contributed by atoms with Crippen molar-refractivity contribution < 1.29 is 23.0 Å². The van der Waals surface area contributed by atoms with E-state index in [1.165, 1.54) is 19.2 Å². The Hall–Kier alpha value is -2.78. The van der Waals surface area contributed by atoms with Crippen LogP contribution in [0.2, 0.25) is 5.02 Å². The summed E-state index contributed by atoms with van der Waals surface area (Å²) in [7, 11) is 1.45. The maximum atomic E-state index is 13.3. The van der Waals surface area contributed by atoms with Crippen LogP contribution in [0.4, 0.5) is 8.78 Å². The highest BCUT2D eigenvalue weighted by Crippen LogP contribution is 2.22. The van der Waals surface area contributed by atoms with Crippen molar-refractivity contribution in [3.05, 3.63) is 58.6 Å². The summed E-state index contributed by atoms with van der Waals surface area (Å²) in [6, 6.07) is 7.69. The summed E-state index contributed by atoms with van der Waals surface area (Å²) >= 11 is 5.87. The van der Waals surface area contributed by atoms with Gasteiger partial charge >= 0.3 is 0 Å². The molecule has 25 heavy (non-hydrogen) atoms. The van der Waals surface area contributed by atoms with Crippen LogP contribution < -0.4 is 14.8 Å². The number of hydrogen-bond acceptors (Lipinski definition) is 3. The minimum Gasteiger partial charge on any atom is -0.496 e. The van der Waals surface area contributed by atoms with Crippen molar-refractivity contribution in [3.8, 4) is 23.3 Å². The zero-order valence-corrected chi connectivity index (χ0v) is 14.0. The van der Waals surface area contributed by atoms with E-state index in [0.717, 1.165) is 12.1 Å². The average Bonchev–Trinajstić information content (AvgIpc) is 2.59. The minimum atomic E-state index is -0.803. The van der Waals surface area contributed by atoms with Crippen molar-refractivity contribution in [2.24, 2.45) is 0 Å². The van der Waals surface area contributed by atoms with Gasteiger partial charge in [0, 0.05) is 11.1 Å². The van der Waals surface area contributed by atoms with Gasteiger partial charge in [-0.2, -0.15) is 0 Å². The van der Waals surface area contributed by atoms with E-state index >= 15 is 0 Å². The van der Waals surface area contributed by atoms with E-state index in [4.69, 9.17) is 21.1 Å². The van der Waals surface area contributed by atoms with Gasteiger partial charge in [-0.3, -0.25) is 4.79 Å². The fraction of sp³-hybridized carbons (Fsp3) is 0.167. The normalized spacial score (nSPS) is 9.76. The molecule has 1 N–H and O–H groups in total. The van der Waals surface area contributed by atoms with E-state index in [2.05, 4.69) is 17.2 Å². The smallest absolute Gasteiger partial charge is 0.255 e. The number of methoxy groups -OCH3 is 1. The molecule has 0 bridgehead atoms. The van der Waals surface area contributed by atoms with Gasteiger partial charge in [-0.1, -0.05) is 23.4 Å². The predicted molar refractivity (Wildman–Crippen MR) is 90.0 cm³/mol. The van der Waals surface area contributed by atoms with Gasteiger partial charge in [-0.05, 0) is 30.3 Å². The van der Waals surface area contributed by atoms with Crippen LogP contribution in [0.15, 0.2) is 36.4 Å². The van der Waals surface area contributed by atoms with Crippen molar-refractivity contribution in [2.45, 2.75) is 0 Å². The number of halogens is 3. The van der Waals surface area contributed by atoms with Crippen LogP contribution in [0.25, 0.3) is 0 Å². The van der Waals surface area contributed by atoms with Crippen LogP contribution in [0.1, 0.15) is 10.4 Å². The van der Waals surface area contributed by atoms with Crippen molar-refractivity contribution in [2.75, 3.05) is 20.3 Å². The maximum Gasteiger partial charge on any atom is 0.255 e. The van der Waals surface area contributed by atoms with Gasteiger partial charge in [0.15, 0.2) is 11.6 Å². The third-order valence-corrected chi connectivity index (χ3v) is 3.30. The monoisotopic (exact) mass is 365 g/mol. The molecule has 0 spiro atoms. The van der Waals surface area contributed by atoms with E-state index in [0.29, 0.717) is 16.3 Å². The lowest BCUT2D eigenvalue weighted by molar-refractivity contribution is 0.0955. The number of amides is 1. The molecule has 0 aromatic heterocycles. The summed E-state index contributed by atoms with van der Waals surface area (Å²) in [5, 5.41) is 3.00. The van der Waals surface area contributed by atoms with Crippen LogP contribution in [0.3, 0.4) is 0 Å². The molecule has 7 heteroatoms. The van der Waals surface area contributed by atoms with Gasteiger partial charge in [0.25, 0.3) is 5.91 Å². The molecule has 2 rings (SSSR count). The second kappa shape index (κ2) is 8.90. The summed E-state index contributed by atoms with van der Waals surface area (Å²) in [6.45, 7) is -0.0390. The molecule has 130 valence electrons. The first-order valence-corrected chi connectivity index (χ1v) is 7.54. The number of ether oxygens (including phenoxy) is 2. The van der Waals surface area contributed by atoms with E-state index in [-0.39, 0.29) is 24.8 Å². The van der Waals surface area contributed by atoms with Gasteiger partial charge < -0.3 is 14.8 Å². The third kappa shape index (κ3) is 5.37. The number of rotatable bonds is 5. The third-order valence-electron chi connectivity index (χ3n) is 3.06. The summed E-state index contributed by atoms with van der Waals surface area (Å²) in [6.07, 6.45) is 0. The Kier molecular flexibility index (Phi) is 6.61. The highest BCUT2D eigenvalue weighted by molar-refractivity contribution is 6.31. The highest BCUT2D eigenvalue weighted by atomic mass is 35.5. The zero-order valence-electron chi connectivity index (χ0n) is 13.2. The highest BCUT2D eigenvalue weighted by Gasteiger charge is 2.11. The molecule has 0 aliphatic rings. The molecule has 2 aromatic carbocycles. The Morgan fingerprint density at radius 1 is 1.16 bits per heavy atom. The van der Waals surface area contributed by atoms with Gasteiger partial charge in [0.1, 0.15) is 18.2 Å². The van der Waals surface area contributed by atoms with Crippen molar-refractivity contribution in [1.82, 2.24) is 5.32 Å². The van der Waals surface area contributed by atoms with E-state index in [1.54, 1.807) is 12.1 Å². The van der Waals surface area contributed by atoms with Crippen LogP contribution >= 0.6 is 11.6 Å². The molecule has 0 saturated heterocycles. The maximum absolute atomic E-state index is 13.3. The molecular formula is C18H14ClF2NO3. The first kappa shape index (κ1) is 18.6. The Balaban J connectivity index is 1.84. The second-order valence-corrected chi connectivity index (χ2v) is 5.18. The Morgan fingerprint density at radius 2 is 1.92 bits per heavy atom. The van der Waals surface area contributed by atoms with E-state index in [9.17, 15) is 13.6 Å². The molecular weight excluding hydrogens is 352 g/mol. The Bertz CT molecular complexity index is 831. The molecule has 0 saturated carbocycles. The molecule has 0 aliphatic carbocycles. The zero-order chi connectivity index (χ0) is 18.2. The second-order valence-electron chi connectivity index (χ2n) is 4.74. The van der Waals surface area contributed by atoms with Crippen LogP contribution in [-0.2, 0) is 0 Å². The Labute approximate surface area is 148 Å². The fourth-order valence-corrected chi connectivity index (χ4v) is 2.07. The largest absolute Gasteiger partial charge is 0.496 e. The fourth-order valence-electron chi connectivity index (χ4n) is 1.90. The summed E-state index contributed by atoms with van der Waals surface area (Å²) < 4.78 is 36.2. The molecule has 0 unspecified atom stereocenters. The number of hydrogen-bond donors (Lipinski definition) is 1. The lowest BCUT2D eigenvalue weighted by atomic mass is 10.2. The van der Waals surface area contributed by atoms with E-state index in [1.807, 2.05) is 0 Å². The number of nitrogens with one attached hydrogen (secondary N) is 1. The van der Waals surface area contributed by atoms with Crippen LogP contribution in [0, 0.1) is 23.5 Å². The van der Waals surface area contributed by atoms with Gasteiger partial charge in [-0.15, -0.1) is 0 Å². The summed E-state index contributed by atoms with van der Waals surface area (Å²) in [4.78, 5) is 12.1. The van der Waals surface area contributed by atoms with Crippen LogP contribution in [0.5, 0.6) is 11.5 Å². The molecule has 0 radical (unpaired) electrons. The number of carbonyl (C=O) groups is 1. The number of benzene rings is 2. The lowest BCUT2D eigenvalue weighted by Crippen LogP contribution is -2.24. The lowest BCUT2D eigenvalue weighted by Gasteiger charge is -2.08. The quantitative estimate of drug-likeness (QED) is 0.826. The van der Waals surface area contributed by atoms with E-state index < -0.39 is 11.6 Å². The SMILES string of the molecule is COc1ccc(Cl)cc1C(=O)NCC#CCOc1ccc(F)cc1F. The summed E-state index contributed by atoms with van der Waals surface area (Å²) in [5.74, 6) is 3.70. The van der Waals surface area contributed by atoms with Crippen molar-refractivity contribution >= 4 is 17.5 Å². The van der Waals surface area contributed by atoms with Crippen molar-refractivity contribution in [3.63, 3.8) is 0 Å². The first-order chi connectivity index (χ1) is 12.0. The molecule has 2 aromatic rings. The average molecular weight is 366 g/mol. The molecule has 0 atom stereocenters. The topological polar surface area (TPSA) is 47.6 Å². The molecule has 4 nitrogen and oxygen atoms in total. The number of carbonyl (C=O) groups excluding carboxylic acids is 1. The molecule has 1 amide bonds. The Morgan fingerprint density at radius 3 is 2.64 bits per heavy atom. The van der Waals surface area contributed by atoms with Gasteiger partial charge in [0.05, 0.1) is 19.2 Å². The molecule has 0 heterocycles. The predicted octanol–water partition coefficient (Wildman–Crippen LogP) is 3.44. The van der Waals surface area contributed by atoms with Crippen molar-refractivity contribution in [1.29, 1.82) is 0 Å². The standard InChI is InChI=1S/C18H14ClF2NO3/c1-24-16-6-4-12(19)10-14(16)18(23)22-8-2-3-9-25-17-7-5-13(20)11-15(17)21/h4-7,10-11H,8-9H2,1H3,(H,22,23). The van der Waals surface area contributed by atoms with Crippen LogP contribution in [-0.4, -0.2) is 26.2 Å². The molecule has 0 fully saturated rings. The summed E-state index contributed by atoms with van der Waals surface area (Å²) in [5.41, 5.74) is 0.293. The van der Waals surface area contributed by atoms with Gasteiger partial charge in [0.2, 0.25) is 0 Å². The first-order valence-electron chi connectivity index (χ1n) is 7.16. The molecule has 0 aliphatic heterocycles.